The van der Waals surface area contributed by atoms with Gasteiger partial charge in [-0.1, -0.05) is 5.21 Å². The second-order valence-corrected chi connectivity index (χ2v) is 4.61. The SMILES string of the molecule is CC(NC(=O)N1CCC(C(=O)O)C1C)c1nn[nH]n1. The maximum absolute atomic E-state index is 12.1. The minimum absolute atomic E-state index is 0.312. The minimum Gasteiger partial charge on any atom is -0.481 e. The number of amides is 2. The monoisotopic (exact) mass is 268 g/mol. The Labute approximate surface area is 109 Å². The molecule has 1 aromatic rings. The van der Waals surface area contributed by atoms with Crippen LogP contribution in [0.4, 0.5) is 4.79 Å². The predicted octanol–water partition coefficient (Wildman–Crippen LogP) is -0.235. The van der Waals surface area contributed by atoms with Gasteiger partial charge in [-0.05, 0) is 20.3 Å². The normalized spacial score (nSPS) is 24.2. The van der Waals surface area contributed by atoms with E-state index in [4.69, 9.17) is 5.11 Å². The van der Waals surface area contributed by atoms with E-state index in [9.17, 15) is 9.59 Å². The lowest BCUT2D eigenvalue weighted by atomic mass is 10.0. The Morgan fingerprint density at radius 1 is 1.58 bits per heavy atom. The standard InChI is InChI=1S/C10H16N6O3/c1-5(8-12-14-15-13-8)11-10(19)16-4-3-7(6(16)2)9(17)18/h5-7H,3-4H2,1-2H3,(H,11,19)(H,17,18)(H,12,13,14,15). The Morgan fingerprint density at radius 2 is 2.32 bits per heavy atom. The summed E-state index contributed by atoms with van der Waals surface area (Å²) in [5.41, 5.74) is 0. The number of aliphatic carboxylic acids is 1. The number of aromatic amines is 1. The Bertz CT molecular complexity index is 462. The van der Waals surface area contributed by atoms with Crippen LogP contribution >= 0.6 is 0 Å². The number of nitrogens with one attached hydrogen (secondary N) is 2. The molecule has 0 bridgehead atoms. The summed E-state index contributed by atoms with van der Waals surface area (Å²) in [6.07, 6.45) is 0.473. The summed E-state index contributed by atoms with van der Waals surface area (Å²) in [7, 11) is 0. The van der Waals surface area contributed by atoms with E-state index in [0.717, 1.165) is 0 Å². The number of aromatic nitrogens is 4. The van der Waals surface area contributed by atoms with Crippen molar-refractivity contribution < 1.29 is 14.7 Å². The molecule has 9 nitrogen and oxygen atoms in total. The van der Waals surface area contributed by atoms with Crippen molar-refractivity contribution in [3.8, 4) is 0 Å². The molecule has 0 aliphatic carbocycles. The number of likely N-dealkylation sites (tertiary alicyclic amines) is 1. The van der Waals surface area contributed by atoms with Gasteiger partial charge >= 0.3 is 12.0 Å². The van der Waals surface area contributed by atoms with Gasteiger partial charge in [-0.25, -0.2) is 4.79 Å². The van der Waals surface area contributed by atoms with Crippen molar-refractivity contribution in [2.45, 2.75) is 32.4 Å². The van der Waals surface area contributed by atoms with Gasteiger partial charge in [0, 0.05) is 12.6 Å². The van der Waals surface area contributed by atoms with E-state index < -0.39 is 11.9 Å². The molecular formula is C10H16N6O3. The van der Waals surface area contributed by atoms with Crippen molar-refractivity contribution in [2.24, 2.45) is 5.92 Å². The highest BCUT2D eigenvalue weighted by Gasteiger charge is 2.38. The number of rotatable bonds is 3. The Balaban J connectivity index is 1.96. The van der Waals surface area contributed by atoms with E-state index in [1.807, 2.05) is 0 Å². The third-order valence-corrected chi connectivity index (χ3v) is 3.42. The molecule has 2 rings (SSSR count). The molecule has 0 aromatic carbocycles. The van der Waals surface area contributed by atoms with Gasteiger partial charge in [0.1, 0.15) is 0 Å². The fourth-order valence-corrected chi connectivity index (χ4v) is 2.24. The van der Waals surface area contributed by atoms with Crippen LogP contribution in [0.25, 0.3) is 0 Å². The van der Waals surface area contributed by atoms with Crippen molar-refractivity contribution in [1.82, 2.24) is 30.8 Å². The van der Waals surface area contributed by atoms with Gasteiger partial charge in [0.25, 0.3) is 0 Å². The fraction of sp³-hybridized carbons (Fsp3) is 0.700. The molecule has 19 heavy (non-hydrogen) atoms. The lowest BCUT2D eigenvalue weighted by molar-refractivity contribution is -0.142. The third kappa shape index (κ3) is 2.64. The van der Waals surface area contributed by atoms with Crippen molar-refractivity contribution in [2.75, 3.05) is 6.54 Å². The number of urea groups is 1. The van der Waals surface area contributed by atoms with Gasteiger partial charge < -0.3 is 15.3 Å². The van der Waals surface area contributed by atoms with Gasteiger partial charge in [-0.15, -0.1) is 10.2 Å². The second-order valence-electron chi connectivity index (χ2n) is 4.61. The molecule has 3 unspecified atom stereocenters. The van der Waals surface area contributed by atoms with Crippen LogP contribution in [0.5, 0.6) is 0 Å². The second kappa shape index (κ2) is 5.21. The highest BCUT2D eigenvalue weighted by Crippen LogP contribution is 2.24. The van der Waals surface area contributed by atoms with Gasteiger partial charge in [0.15, 0.2) is 5.82 Å². The van der Waals surface area contributed by atoms with Crippen LogP contribution in [-0.2, 0) is 4.79 Å². The molecule has 9 heteroatoms. The molecule has 1 aliphatic rings. The van der Waals surface area contributed by atoms with E-state index in [2.05, 4.69) is 25.9 Å². The third-order valence-electron chi connectivity index (χ3n) is 3.42. The van der Waals surface area contributed by atoms with Crippen LogP contribution in [0, 0.1) is 5.92 Å². The van der Waals surface area contributed by atoms with E-state index in [1.165, 1.54) is 4.90 Å². The van der Waals surface area contributed by atoms with Crippen LogP contribution < -0.4 is 5.32 Å². The largest absolute Gasteiger partial charge is 0.481 e. The van der Waals surface area contributed by atoms with Crippen LogP contribution in [0.1, 0.15) is 32.1 Å². The Kier molecular flexibility index (Phi) is 3.63. The van der Waals surface area contributed by atoms with E-state index in [-0.39, 0.29) is 18.1 Å². The van der Waals surface area contributed by atoms with Crippen LogP contribution in [0.15, 0.2) is 0 Å². The molecule has 104 valence electrons. The molecule has 2 heterocycles. The summed E-state index contributed by atoms with van der Waals surface area (Å²) in [4.78, 5) is 24.6. The number of tetrazole rings is 1. The molecule has 0 radical (unpaired) electrons. The van der Waals surface area contributed by atoms with Crippen LogP contribution in [0.2, 0.25) is 0 Å². The summed E-state index contributed by atoms with van der Waals surface area (Å²) in [6.45, 7) is 3.91. The van der Waals surface area contributed by atoms with Crippen molar-refractivity contribution in [3.63, 3.8) is 0 Å². The topological polar surface area (TPSA) is 124 Å². The predicted molar refractivity (Wildman–Crippen MR) is 63.0 cm³/mol. The first-order valence-electron chi connectivity index (χ1n) is 6.04. The van der Waals surface area contributed by atoms with Gasteiger partial charge in [-0.2, -0.15) is 5.21 Å². The molecule has 0 saturated carbocycles. The zero-order chi connectivity index (χ0) is 14.0. The number of H-pyrrole nitrogens is 1. The average Bonchev–Trinajstić information content (AvgIpc) is 2.96. The maximum atomic E-state index is 12.1. The summed E-state index contributed by atoms with van der Waals surface area (Å²) in [6, 6.07) is -1.02. The van der Waals surface area contributed by atoms with Gasteiger partial charge in [-0.3, -0.25) is 4.79 Å². The zero-order valence-corrected chi connectivity index (χ0v) is 10.7. The number of carbonyl (C=O) groups excluding carboxylic acids is 1. The maximum Gasteiger partial charge on any atom is 0.318 e. The van der Waals surface area contributed by atoms with E-state index in [1.54, 1.807) is 13.8 Å². The number of hydrogen-bond donors (Lipinski definition) is 3. The van der Waals surface area contributed by atoms with Crippen LogP contribution in [0.3, 0.4) is 0 Å². The number of carboxylic acids is 1. The lowest BCUT2D eigenvalue weighted by Gasteiger charge is -2.24. The summed E-state index contributed by atoms with van der Waals surface area (Å²) < 4.78 is 0. The number of nitrogens with zero attached hydrogens (tertiary/aromatic N) is 4. The smallest absolute Gasteiger partial charge is 0.318 e. The van der Waals surface area contributed by atoms with E-state index >= 15 is 0 Å². The Morgan fingerprint density at radius 3 is 2.84 bits per heavy atom. The summed E-state index contributed by atoms with van der Waals surface area (Å²) >= 11 is 0. The molecule has 3 N–H and O–H groups in total. The molecule has 2 amide bonds. The molecule has 1 saturated heterocycles. The first kappa shape index (κ1) is 13.2. The molecule has 1 aromatic heterocycles. The Hall–Kier alpha value is -2.19. The molecule has 3 atom stereocenters. The van der Waals surface area contributed by atoms with Crippen molar-refractivity contribution >= 4 is 12.0 Å². The lowest BCUT2D eigenvalue weighted by Crippen LogP contribution is -2.44. The summed E-state index contributed by atoms with van der Waals surface area (Å²) in [5, 5.41) is 25.0. The van der Waals surface area contributed by atoms with Gasteiger partial charge in [0.2, 0.25) is 0 Å². The fourth-order valence-electron chi connectivity index (χ4n) is 2.24. The van der Waals surface area contributed by atoms with E-state index in [0.29, 0.717) is 18.8 Å². The number of carboxylic acid groups (broad SMARTS) is 1. The molecule has 0 spiro atoms. The van der Waals surface area contributed by atoms with Gasteiger partial charge in [0.05, 0.1) is 12.0 Å². The molecular weight excluding hydrogens is 252 g/mol. The molecule has 1 fully saturated rings. The van der Waals surface area contributed by atoms with Crippen LogP contribution in [-0.4, -0.2) is 55.2 Å². The van der Waals surface area contributed by atoms with Crippen molar-refractivity contribution in [1.29, 1.82) is 0 Å². The number of hydrogen-bond acceptors (Lipinski definition) is 5. The number of carbonyl (C=O) groups is 2. The first-order chi connectivity index (χ1) is 9.00. The highest BCUT2D eigenvalue weighted by molar-refractivity contribution is 5.78. The minimum atomic E-state index is -0.867. The average molecular weight is 268 g/mol. The zero-order valence-electron chi connectivity index (χ0n) is 10.7. The quantitative estimate of drug-likeness (QED) is 0.695. The molecule has 1 aliphatic heterocycles. The first-order valence-corrected chi connectivity index (χ1v) is 6.04. The highest BCUT2D eigenvalue weighted by atomic mass is 16.4. The van der Waals surface area contributed by atoms with Crippen molar-refractivity contribution in [3.05, 3.63) is 5.82 Å². The summed E-state index contributed by atoms with van der Waals surface area (Å²) in [5.74, 6) is -0.991.